The average molecular weight is 709 g/mol. The standard InChI is InChI=1S/C39H48N8O5/c1-37(2,3)26-22-30(34(49)40-16-18-46-17-9-20-51-21-19-46)41-32(23-26)42-36(50)43-39(25-48)15-14-31(28-10-7-8-11-29(28)39)52-27-12-13-33-44-45-35(38(4,5)6)47(33)24-27/h7-8,10-15,22-25,31H,9,16-21H2,1-6H3,(H,40,49)(H2,41,42,43,50)/t31-,39-/m1/s1. The molecule has 0 spiro atoms. The Balaban J connectivity index is 1.19. The van der Waals surface area contributed by atoms with Gasteiger partial charge in [0.1, 0.15) is 34.7 Å². The monoisotopic (exact) mass is 708 g/mol. The molecule has 3 aromatic heterocycles. The largest absolute Gasteiger partial charge is 0.480 e. The zero-order valence-corrected chi connectivity index (χ0v) is 30.7. The Morgan fingerprint density at radius 2 is 1.83 bits per heavy atom. The van der Waals surface area contributed by atoms with E-state index in [4.69, 9.17) is 9.47 Å². The Morgan fingerprint density at radius 1 is 1.02 bits per heavy atom. The number of aromatic nitrogens is 4. The quantitative estimate of drug-likeness (QED) is 0.160. The third-order valence-electron chi connectivity index (χ3n) is 9.26. The number of aldehydes is 1. The molecule has 13 nitrogen and oxygen atoms in total. The molecular formula is C39H48N8O5. The minimum Gasteiger partial charge on any atom is -0.480 e. The molecule has 1 aromatic carbocycles. The van der Waals surface area contributed by atoms with Crippen LogP contribution in [0.15, 0.2) is 66.9 Å². The van der Waals surface area contributed by atoms with E-state index in [0.717, 1.165) is 43.1 Å². The number of benzene rings is 1. The van der Waals surface area contributed by atoms with Crippen molar-refractivity contribution in [2.45, 2.75) is 70.4 Å². The maximum Gasteiger partial charge on any atom is 0.321 e. The van der Waals surface area contributed by atoms with Crippen molar-refractivity contribution in [3.05, 3.63) is 95.1 Å². The molecule has 0 radical (unpaired) electrons. The van der Waals surface area contributed by atoms with Gasteiger partial charge in [-0.3, -0.25) is 24.2 Å². The summed E-state index contributed by atoms with van der Waals surface area (Å²) in [6.45, 7) is 16.6. The Hall–Kier alpha value is -5.14. The molecule has 0 saturated carbocycles. The summed E-state index contributed by atoms with van der Waals surface area (Å²) in [5.74, 6) is 1.25. The third kappa shape index (κ3) is 8.16. The predicted octanol–water partition coefficient (Wildman–Crippen LogP) is 5.08. The number of rotatable bonds is 9. The van der Waals surface area contributed by atoms with Gasteiger partial charge in [-0.15, -0.1) is 10.2 Å². The number of hydrogen-bond acceptors (Lipinski definition) is 9. The van der Waals surface area contributed by atoms with Gasteiger partial charge in [-0.05, 0) is 59.4 Å². The maximum atomic E-state index is 13.6. The van der Waals surface area contributed by atoms with Crippen LogP contribution in [0.3, 0.4) is 0 Å². The topological polar surface area (TPSA) is 152 Å². The highest BCUT2D eigenvalue weighted by Crippen LogP contribution is 2.37. The first-order valence-corrected chi connectivity index (χ1v) is 17.7. The van der Waals surface area contributed by atoms with Gasteiger partial charge in [0.05, 0.1) is 12.8 Å². The Bertz CT molecular complexity index is 1970. The van der Waals surface area contributed by atoms with Crippen molar-refractivity contribution in [1.29, 1.82) is 0 Å². The van der Waals surface area contributed by atoms with Crippen LogP contribution < -0.4 is 20.7 Å². The van der Waals surface area contributed by atoms with Crippen LogP contribution in [-0.2, 0) is 25.9 Å². The molecule has 274 valence electrons. The summed E-state index contributed by atoms with van der Waals surface area (Å²) in [4.78, 5) is 46.6. The minimum atomic E-state index is -1.49. The summed E-state index contributed by atoms with van der Waals surface area (Å²) in [6.07, 6.45) is 6.38. The molecule has 6 rings (SSSR count). The number of hydrogen-bond donors (Lipinski definition) is 3. The van der Waals surface area contributed by atoms with E-state index in [1.54, 1.807) is 30.4 Å². The fourth-order valence-electron chi connectivity index (χ4n) is 6.42. The van der Waals surface area contributed by atoms with Crippen molar-refractivity contribution in [1.82, 2.24) is 35.1 Å². The molecular weight excluding hydrogens is 660 g/mol. The number of urea groups is 1. The molecule has 4 aromatic rings. The number of anilines is 1. The third-order valence-corrected chi connectivity index (χ3v) is 9.26. The molecule has 2 atom stereocenters. The lowest BCUT2D eigenvalue weighted by molar-refractivity contribution is -0.111. The van der Waals surface area contributed by atoms with Crippen LogP contribution in [-0.4, -0.2) is 82.1 Å². The number of fused-ring (bicyclic) bond motifs is 2. The van der Waals surface area contributed by atoms with Crippen LogP contribution in [0.5, 0.6) is 5.75 Å². The minimum absolute atomic E-state index is 0.189. The smallest absolute Gasteiger partial charge is 0.321 e. The van der Waals surface area contributed by atoms with Crippen LogP contribution in [0.4, 0.5) is 10.6 Å². The van der Waals surface area contributed by atoms with Gasteiger partial charge >= 0.3 is 6.03 Å². The fraction of sp³-hybridized carbons (Fsp3) is 0.436. The highest BCUT2D eigenvalue weighted by molar-refractivity contribution is 5.95. The fourth-order valence-corrected chi connectivity index (χ4v) is 6.42. The molecule has 0 bridgehead atoms. The van der Waals surface area contributed by atoms with Gasteiger partial charge in [0.25, 0.3) is 5.91 Å². The second kappa shape index (κ2) is 14.8. The van der Waals surface area contributed by atoms with Crippen LogP contribution in [0.1, 0.15) is 87.1 Å². The van der Waals surface area contributed by atoms with Gasteiger partial charge < -0.3 is 20.1 Å². The van der Waals surface area contributed by atoms with E-state index in [2.05, 4.69) is 56.8 Å². The van der Waals surface area contributed by atoms with Crippen molar-refractivity contribution >= 4 is 29.7 Å². The summed E-state index contributed by atoms with van der Waals surface area (Å²) in [5.41, 5.74) is 0.950. The molecule has 3 amide bonds. The van der Waals surface area contributed by atoms with Gasteiger partial charge in [-0.25, -0.2) is 9.78 Å². The van der Waals surface area contributed by atoms with E-state index < -0.39 is 17.7 Å². The van der Waals surface area contributed by atoms with Gasteiger partial charge in [-0.1, -0.05) is 65.8 Å². The number of nitrogens with one attached hydrogen (secondary N) is 3. The van der Waals surface area contributed by atoms with E-state index in [0.29, 0.717) is 42.9 Å². The van der Waals surface area contributed by atoms with Crippen LogP contribution in [0, 0.1) is 0 Å². The predicted molar refractivity (Wildman–Crippen MR) is 198 cm³/mol. The summed E-state index contributed by atoms with van der Waals surface area (Å²) in [7, 11) is 0. The second-order valence-electron chi connectivity index (χ2n) is 15.4. The van der Waals surface area contributed by atoms with Crippen molar-refractivity contribution in [3.8, 4) is 5.75 Å². The van der Waals surface area contributed by atoms with E-state index in [1.165, 1.54) is 0 Å². The number of amides is 3. The second-order valence-corrected chi connectivity index (χ2v) is 15.4. The zero-order valence-electron chi connectivity index (χ0n) is 30.7. The summed E-state index contributed by atoms with van der Waals surface area (Å²) < 4.78 is 13.9. The van der Waals surface area contributed by atoms with Crippen molar-refractivity contribution in [3.63, 3.8) is 0 Å². The van der Waals surface area contributed by atoms with Gasteiger partial charge in [0.2, 0.25) is 0 Å². The van der Waals surface area contributed by atoms with Crippen molar-refractivity contribution in [2.75, 3.05) is 44.7 Å². The van der Waals surface area contributed by atoms with Crippen LogP contribution >= 0.6 is 0 Å². The van der Waals surface area contributed by atoms with Crippen molar-refractivity contribution in [2.24, 2.45) is 0 Å². The number of pyridine rings is 2. The highest BCUT2D eigenvalue weighted by atomic mass is 16.5. The molecule has 1 saturated heterocycles. The molecule has 4 heterocycles. The average Bonchev–Trinajstić information content (AvgIpc) is 3.37. The van der Waals surface area contributed by atoms with Gasteiger partial charge in [0.15, 0.2) is 11.9 Å². The summed E-state index contributed by atoms with van der Waals surface area (Å²) in [5, 5.41) is 17.3. The molecule has 1 aliphatic heterocycles. The Morgan fingerprint density at radius 3 is 2.60 bits per heavy atom. The zero-order chi connectivity index (χ0) is 37.1. The first-order valence-electron chi connectivity index (χ1n) is 17.7. The van der Waals surface area contributed by atoms with Gasteiger partial charge in [-0.2, -0.15) is 0 Å². The van der Waals surface area contributed by atoms with Crippen LogP contribution in [0.2, 0.25) is 0 Å². The lowest BCUT2D eigenvalue weighted by atomic mass is 9.81. The SMILES string of the molecule is CC(C)(C)c1cc(NC(=O)N[C@@]2(C=O)C=C[C@@H](Oc3ccc4nnc(C(C)(C)C)n4c3)c3ccccc32)nc(C(=O)NCCN2CCCOCC2)c1. The Labute approximate surface area is 304 Å². The molecule has 52 heavy (non-hydrogen) atoms. The van der Waals surface area contributed by atoms with E-state index in [9.17, 15) is 14.4 Å². The first kappa shape index (κ1) is 36.6. The van der Waals surface area contributed by atoms with E-state index in [-0.39, 0.29) is 28.2 Å². The lowest BCUT2D eigenvalue weighted by Gasteiger charge is -2.34. The molecule has 2 aliphatic rings. The number of carbonyl (C=O) groups excluding carboxylic acids is 3. The van der Waals surface area contributed by atoms with E-state index in [1.807, 2.05) is 61.7 Å². The molecule has 0 unspecified atom stereocenters. The number of ether oxygens (including phenoxy) is 2. The molecule has 13 heteroatoms. The lowest BCUT2D eigenvalue weighted by Crippen LogP contribution is -2.49. The van der Waals surface area contributed by atoms with Gasteiger partial charge in [0, 0.05) is 43.8 Å². The van der Waals surface area contributed by atoms with Crippen molar-refractivity contribution < 1.29 is 23.9 Å². The van der Waals surface area contributed by atoms with E-state index >= 15 is 0 Å². The number of nitrogens with zero attached hydrogens (tertiary/aromatic N) is 5. The first-order chi connectivity index (χ1) is 24.8. The molecule has 1 aliphatic carbocycles. The Kier molecular flexibility index (Phi) is 10.5. The number of carbonyl (C=O) groups is 3. The molecule has 1 fully saturated rings. The summed E-state index contributed by atoms with van der Waals surface area (Å²) >= 11 is 0. The highest BCUT2D eigenvalue weighted by Gasteiger charge is 2.38. The maximum absolute atomic E-state index is 13.6. The summed E-state index contributed by atoms with van der Waals surface area (Å²) in [6, 6.07) is 13.9. The molecule has 3 N–H and O–H groups in total. The van der Waals surface area contributed by atoms with Crippen LogP contribution in [0.25, 0.3) is 5.65 Å². The normalized spacial score (nSPS) is 19.4.